The molecule has 0 unspecified atom stereocenters. The molecular weight excluding hydrogens is 160 g/mol. The van der Waals surface area contributed by atoms with E-state index < -0.39 is 0 Å². The van der Waals surface area contributed by atoms with Gasteiger partial charge in [0, 0.05) is 30.2 Å². The van der Waals surface area contributed by atoms with Gasteiger partial charge in [-0.25, -0.2) is 0 Å². The molecule has 0 atom stereocenters. The summed E-state index contributed by atoms with van der Waals surface area (Å²) < 4.78 is 0. The lowest BCUT2D eigenvalue weighted by atomic mass is 10.0. The maximum absolute atomic E-state index is 5.68. The molecule has 1 aromatic carbocycles. The number of nitrogens with two attached hydrogens (primary N) is 1. The van der Waals surface area contributed by atoms with Crippen LogP contribution < -0.4 is 5.73 Å². The van der Waals surface area contributed by atoms with Gasteiger partial charge in [0.1, 0.15) is 0 Å². The predicted octanol–water partition coefficient (Wildman–Crippen LogP) is 2.16. The first-order chi connectivity index (χ1) is 6.18. The van der Waals surface area contributed by atoms with Crippen LogP contribution in [0.4, 0.5) is 5.69 Å². The van der Waals surface area contributed by atoms with Crippen LogP contribution in [0.25, 0.3) is 11.8 Å². The molecule has 2 heteroatoms. The maximum Gasteiger partial charge on any atom is 0.0410 e. The van der Waals surface area contributed by atoms with Crippen molar-refractivity contribution in [2.75, 3.05) is 12.8 Å². The van der Waals surface area contributed by atoms with Gasteiger partial charge in [-0.1, -0.05) is 12.6 Å². The molecule has 13 heavy (non-hydrogen) atoms. The van der Waals surface area contributed by atoms with Crippen molar-refractivity contribution in [2.24, 2.45) is 0 Å². The number of benzene rings is 1. The number of rotatable bonds is 0. The van der Waals surface area contributed by atoms with Crippen molar-refractivity contribution < 1.29 is 0 Å². The molecule has 1 heterocycles. The number of hydrogen-bond donors (Lipinski definition) is 1. The average Bonchev–Trinajstić information content (AvgIpc) is 2.12. The van der Waals surface area contributed by atoms with Gasteiger partial charge in [0.25, 0.3) is 0 Å². The van der Waals surface area contributed by atoms with Crippen molar-refractivity contribution in [3.8, 4) is 0 Å². The van der Waals surface area contributed by atoms with Gasteiger partial charge in [-0.3, -0.25) is 0 Å². The zero-order valence-electron chi connectivity index (χ0n) is 7.62. The molecule has 2 rings (SSSR count). The van der Waals surface area contributed by atoms with Crippen LogP contribution in [0, 0.1) is 0 Å². The van der Waals surface area contributed by atoms with Gasteiger partial charge in [0.05, 0.1) is 0 Å². The van der Waals surface area contributed by atoms with Crippen LogP contribution in [0.5, 0.6) is 0 Å². The molecule has 1 aromatic rings. The summed E-state index contributed by atoms with van der Waals surface area (Å²) in [6.45, 7) is 4.00. The van der Waals surface area contributed by atoms with Gasteiger partial charge in [0.2, 0.25) is 0 Å². The molecule has 0 saturated carbocycles. The Morgan fingerprint density at radius 3 is 2.92 bits per heavy atom. The molecule has 66 valence electrons. The van der Waals surface area contributed by atoms with Gasteiger partial charge >= 0.3 is 0 Å². The van der Waals surface area contributed by atoms with Gasteiger partial charge < -0.3 is 10.6 Å². The molecule has 0 amide bonds. The topological polar surface area (TPSA) is 29.3 Å². The number of anilines is 1. The standard InChI is InChI=1S/C11H12N2/c1-8-11-4-3-10(12)7-9(11)5-6-13(8)2/h3-7H,1,12H2,2H3. The highest BCUT2D eigenvalue weighted by atomic mass is 15.1. The van der Waals surface area contributed by atoms with Crippen molar-refractivity contribution in [3.05, 3.63) is 42.1 Å². The molecule has 0 aliphatic carbocycles. The second-order valence-corrected chi connectivity index (χ2v) is 3.22. The van der Waals surface area contributed by atoms with E-state index >= 15 is 0 Å². The summed E-state index contributed by atoms with van der Waals surface area (Å²) in [5, 5.41) is 0. The normalized spacial score (nSPS) is 14.5. The number of nitrogens with zero attached hydrogens (tertiary/aromatic N) is 1. The highest BCUT2D eigenvalue weighted by Crippen LogP contribution is 2.27. The summed E-state index contributed by atoms with van der Waals surface area (Å²) in [7, 11) is 1.98. The minimum atomic E-state index is 0.792. The largest absolute Gasteiger partial charge is 0.399 e. The smallest absolute Gasteiger partial charge is 0.0410 e. The Labute approximate surface area is 78.0 Å². The molecule has 0 radical (unpaired) electrons. The summed E-state index contributed by atoms with van der Waals surface area (Å²) in [5.41, 5.74) is 9.78. The third kappa shape index (κ3) is 1.20. The van der Waals surface area contributed by atoms with Gasteiger partial charge in [-0.2, -0.15) is 0 Å². The number of hydrogen-bond acceptors (Lipinski definition) is 2. The predicted molar refractivity (Wildman–Crippen MR) is 56.7 cm³/mol. The van der Waals surface area contributed by atoms with Gasteiger partial charge in [-0.15, -0.1) is 0 Å². The lowest BCUT2D eigenvalue weighted by Gasteiger charge is -2.23. The molecule has 2 N–H and O–H groups in total. The van der Waals surface area contributed by atoms with Crippen LogP contribution in [-0.4, -0.2) is 11.9 Å². The van der Waals surface area contributed by atoms with Gasteiger partial charge in [0.15, 0.2) is 0 Å². The highest BCUT2D eigenvalue weighted by molar-refractivity contribution is 5.78. The van der Waals surface area contributed by atoms with E-state index in [4.69, 9.17) is 5.73 Å². The molecule has 1 aliphatic rings. The monoisotopic (exact) mass is 172 g/mol. The minimum Gasteiger partial charge on any atom is -0.399 e. The van der Waals surface area contributed by atoms with E-state index in [9.17, 15) is 0 Å². The highest BCUT2D eigenvalue weighted by Gasteiger charge is 2.11. The van der Waals surface area contributed by atoms with Crippen LogP contribution in [-0.2, 0) is 0 Å². The van der Waals surface area contributed by atoms with Crippen molar-refractivity contribution in [1.82, 2.24) is 4.90 Å². The van der Waals surface area contributed by atoms with E-state index in [-0.39, 0.29) is 0 Å². The first-order valence-electron chi connectivity index (χ1n) is 4.18. The zero-order chi connectivity index (χ0) is 9.42. The van der Waals surface area contributed by atoms with Crippen molar-refractivity contribution in [3.63, 3.8) is 0 Å². The van der Waals surface area contributed by atoms with Gasteiger partial charge in [-0.05, 0) is 23.8 Å². The van der Waals surface area contributed by atoms with Crippen LogP contribution in [0.1, 0.15) is 11.1 Å². The first-order valence-corrected chi connectivity index (χ1v) is 4.18. The molecule has 0 aromatic heterocycles. The summed E-state index contributed by atoms with van der Waals surface area (Å²) in [5.74, 6) is 0. The quantitative estimate of drug-likeness (QED) is 0.607. The Morgan fingerprint density at radius 2 is 2.15 bits per heavy atom. The van der Waals surface area contributed by atoms with E-state index in [1.54, 1.807) is 0 Å². The van der Waals surface area contributed by atoms with E-state index in [0.29, 0.717) is 0 Å². The first kappa shape index (κ1) is 7.92. The SMILES string of the molecule is C=C1c2ccc(N)cc2C=CN1C. The molecule has 0 bridgehead atoms. The van der Waals surface area contributed by atoms with E-state index in [0.717, 1.165) is 22.5 Å². The molecule has 2 nitrogen and oxygen atoms in total. The molecule has 0 saturated heterocycles. The van der Waals surface area contributed by atoms with Crippen molar-refractivity contribution in [1.29, 1.82) is 0 Å². The number of fused-ring (bicyclic) bond motifs is 1. The van der Waals surface area contributed by atoms with Crippen molar-refractivity contribution in [2.45, 2.75) is 0 Å². The molecule has 0 fully saturated rings. The molecule has 0 spiro atoms. The fraction of sp³-hybridized carbons (Fsp3) is 0.0909. The second kappa shape index (κ2) is 2.66. The Balaban J connectivity index is 2.59. The Bertz CT molecular complexity index is 391. The average molecular weight is 172 g/mol. The summed E-state index contributed by atoms with van der Waals surface area (Å²) in [6.07, 6.45) is 4.03. The van der Waals surface area contributed by atoms with Crippen LogP contribution >= 0.6 is 0 Å². The Kier molecular flexibility index (Phi) is 1.62. The van der Waals surface area contributed by atoms with Crippen LogP contribution in [0.3, 0.4) is 0 Å². The Hall–Kier alpha value is -1.70. The summed E-state index contributed by atoms with van der Waals surface area (Å²) in [4.78, 5) is 2.00. The maximum atomic E-state index is 5.68. The zero-order valence-corrected chi connectivity index (χ0v) is 7.62. The summed E-state index contributed by atoms with van der Waals surface area (Å²) >= 11 is 0. The van der Waals surface area contributed by atoms with E-state index in [1.807, 2.05) is 42.4 Å². The third-order valence-corrected chi connectivity index (χ3v) is 2.29. The third-order valence-electron chi connectivity index (χ3n) is 2.29. The number of nitrogen functional groups attached to an aromatic ring is 1. The van der Waals surface area contributed by atoms with Crippen molar-refractivity contribution >= 4 is 17.5 Å². The van der Waals surface area contributed by atoms with E-state index in [1.165, 1.54) is 0 Å². The molecule has 1 aliphatic heterocycles. The van der Waals surface area contributed by atoms with Crippen LogP contribution in [0.15, 0.2) is 31.0 Å². The lowest BCUT2D eigenvalue weighted by molar-refractivity contribution is 0.656. The summed E-state index contributed by atoms with van der Waals surface area (Å²) in [6, 6.07) is 5.87. The fourth-order valence-electron chi connectivity index (χ4n) is 1.45. The minimum absolute atomic E-state index is 0.792. The lowest BCUT2D eigenvalue weighted by Crippen LogP contribution is -2.12. The van der Waals surface area contributed by atoms with Crippen LogP contribution in [0.2, 0.25) is 0 Å². The molecular formula is C11H12N2. The second-order valence-electron chi connectivity index (χ2n) is 3.22. The fourth-order valence-corrected chi connectivity index (χ4v) is 1.45. The van der Waals surface area contributed by atoms with E-state index in [2.05, 4.69) is 6.58 Å². The Morgan fingerprint density at radius 1 is 1.38 bits per heavy atom.